The number of carbonyl (C=O) groups excluding carboxylic acids is 1. The average Bonchev–Trinajstić information content (AvgIpc) is 2.24. The minimum absolute atomic E-state index is 0.0778. The average molecular weight is 295 g/mol. The molecule has 0 fully saturated rings. The standard InChI is InChI=1S/C13H17N3O3S/c1-9-6-10(8-14)4-5-11(9)20(18,19)16-13(2,3)7-12(15)17/h4-6,16H,7H2,1-3H3,(H2,15,17). The SMILES string of the molecule is Cc1cc(C#N)ccc1S(=O)(=O)NC(C)(C)CC(N)=O. The van der Waals surface area contributed by atoms with Crippen LogP contribution in [0, 0.1) is 18.3 Å². The molecule has 0 aliphatic rings. The van der Waals surface area contributed by atoms with Gasteiger partial charge < -0.3 is 5.73 Å². The maximum atomic E-state index is 12.3. The molecule has 20 heavy (non-hydrogen) atoms. The topological polar surface area (TPSA) is 113 Å². The van der Waals surface area contributed by atoms with Gasteiger partial charge in [0.25, 0.3) is 0 Å². The third-order valence-corrected chi connectivity index (χ3v) is 4.48. The van der Waals surface area contributed by atoms with E-state index in [1.54, 1.807) is 20.8 Å². The van der Waals surface area contributed by atoms with Gasteiger partial charge in [-0.25, -0.2) is 13.1 Å². The van der Waals surface area contributed by atoms with Gasteiger partial charge >= 0.3 is 0 Å². The second kappa shape index (κ2) is 5.61. The van der Waals surface area contributed by atoms with Crippen LogP contribution < -0.4 is 10.5 Å². The summed E-state index contributed by atoms with van der Waals surface area (Å²) in [5.74, 6) is -0.589. The van der Waals surface area contributed by atoms with Gasteiger partial charge in [0.2, 0.25) is 15.9 Å². The second-order valence-corrected chi connectivity index (χ2v) is 6.88. The van der Waals surface area contributed by atoms with Gasteiger partial charge in [-0.3, -0.25) is 4.79 Å². The van der Waals surface area contributed by atoms with Gasteiger partial charge in [0.05, 0.1) is 16.5 Å². The van der Waals surface area contributed by atoms with Crippen molar-refractivity contribution in [3.05, 3.63) is 29.3 Å². The van der Waals surface area contributed by atoms with Crippen LogP contribution in [0.25, 0.3) is 0 Å². The van der Waals surface area contributed by atoms with E-state index in [0.717, 1.165) is 0 Å². The Balaban J connectivity index is 3.12. The highest BCUT2D eigenvalue weighted by molar-refractivity contribution is 7.89. The van der Waals surface area contributed by atoms with Crippen molar-refractivity contribution in [1.29, 1.82) is 5.26 Å². The number of nitrogens with one attached hydrogen (secondary N) is 1. The van der Waals surface area contributed by atoms with Gasteiger partial charge in [0.15, 0.2) is 0 Å². The fourth-order valence-electron chi connectivity index (χ4n) is 1.91. The molecule has 0 saturated carbocycles. The van der Waals surface area contributed by atoms with Gasteiger partial charge in [-0.15, -0.1) is 0 Å². The summed E-state index contributed by atoms with van der Waals surface area (Å²) in [6, 6.07) is 6.24. The molecule has 0 radical (unpaired) electrons. The highest BCUT2D eigenvalue weighted by Gasteiger charge is 2.28. The number of hydrogen-bond donors (Lipinski definition) is 2. The van der Waals surface area contributed by atoms with Crippen LogP contribution in [0.5, 0.6) is 0 Å². The van der Waals surface area contributed by atoms with Crippen LogP contribution in [0.3, 0.4) is 0 Å². The van der Waals surface area contributed by atoms with E-state index in [2.05, 4.69) is 4.72 Å². The van der Waals surface area contributed by atoms with Gasteiger partial charge in [0, 0.05) is 12.0 Å². The largest absolute Gasteiger partial charge is 0.370 e. The zero-order valence-electron chi connectivity index (χ0n) is 11.6. The summed E-state index contributed by atoms with van der Waals surface area (Å²) in [7, 11) is -3.79. The molecule has 0 bridgehead atoms. The van der Waals surface area contributed by atoms with E-state index in [4.69, 9.17) is 11.0 Å². The number of primary amides is 1. The van der Waals surface area contributed by atoms with E-state index in [0.29, 0.717) is 11.1 Å². The quantitative estimate of drug-likeness (QED) is 0.836. The molecule has 0 saturated heterocycles. The predicted octanol–water partition coefficient (Wildman–Crippen LogP) is 0.799. The summed E-state index contributed by atoms with van der Waals surface area (Å²) in [5, 5.41) is 8.77. The van der Waals surface area contributed by atoms with Crippen LogP contribution >= 0.6 is 0 Å². The second-order valence-electron chi connectivity index (χ2n) is 5.22. The molecule has 1 aromatic carbocycles. The van der Waals surface area contributed by atoms with E-state index < -0.39 is 21.5 Å². The zero-order chi connectivity index (χ0) is 15.6. The number of nitrogens with two attached hydrogens (primary N) is 1. The van der Waals surface area contributed by atoms with E-state index >= 15 is 0 Å². The van der Waals surface area contributed by atoms with Crippen molar-refractivity contribution < 1.29 is 13.2 Å². The number of hydrogen-bond acceptors (Lipinski definition) is 4. The lowest BCUT2D eigenvalue weighted by Crippen LogP contribution is -2.46. The number of nitriles is 1. The smallest absolute Gasteiger partial charge is 0.241 e. The third-order valence-electron chi connectivity index (χ3n) is 2.62. The van der Waals surface area contributed by atoms with Crippen molar-refractivity contribution in [1.82, 2.24) is 4.72 Å². The highest BCUT2D eigenvalue weighted by atomic mass is 32.2. The van der Waals surface area contributed by atoms with E-state index in [-0.39, 0.29) is 11.3 Å². The summed E-state index contributed by atoms with van der Waals surface area (Å²) in [4.78, 5) is 11.0. The van der Waals surface area contributed by atoms with Crippen molar-refractivity contribution in [2.75, 3.05) is 0 Å². The van der Waals surface area contributed by atoms with Gasteiger partial charge in [-0.1, -0.05) is 0 Å². The Labute approximate surface area is 118 Å². The first-order chi connectivity index (χ1) is 9.07. The maximum absolute atomic E-state index is 12.3. The number of carbonyl (C=O) groups is 1. The first-order valence-electron chi connectivity index (χ1n) is 5.90. The molecule has 3 N–H and O–H groups in total. The lowest BCUT2D eigenvalue weighted by Gasteiger charge is -2.24. The normalized spacial score (nSPS) is 11.9. The van der Waals surface area contributed by atoms with Crippen LogP contribution in [0.1, 0.15) is 31.4 Å². The first-order valence-corrected chi connectivity index (χ1v) is 7.39. The Morgan fingerprint density at radius 3 is 2.50 bits per heavy atom. The monoisotopic (exact) mass is 295 g/mol. The molecule has 6 nitrogen and oxygen atoms in total. The Morgan fingerprint density at radius 2 is 2.05 bits per heavy atom. The summed E-state index contributed by atoms with van der Waals surface area (Å²) in [6.07, 6.45) is -0.110. The van der Waals surface area contributed by atoms with Crippen molar-refractivity contribution in [3.63, 3.8) is 0 Å². The number of amides is 1. The summed E-state index contributed by atoms with van der Waals surface area (Å²) >= 11 is 0. The summed E-state index contributed by atoms with van der Waals surface area (Å²) < 4.78 is 27.1. The van der Waals surface area contributed by atoms with Gasteiger partial charge in [0.1, 0.15) is 0 Å². The minimum atomic E-state index is -3.79. The molecule has 0 atom stereocenters. The molecule has 0 aliphatic carbocycles. The lowest BCUT2D eigenvalue weighted by molar-refractivity contribution is -0.119. The molecule has 0 aromatic heterocycles. The summed E-state index contributed by atoms with van der Waals surface area (Å²) in [6.45, 7) is 4.76. The molecular weight excluding hydrogens is 278 g/mol. The molecule has 0 spiro atoms. The van der Waals surface area contributed by atoms with Crippen molar-refractivity contribution in [2.24, 2.45) is 5.73 Å². The van der Waals surface area contributed by atoms with Crippen LogP contribution in [-0.4, -0.2) is 19.9 Å². The van der Waals surface area contributed by atoms with Crippen molar-refractivity contribution in [2.45, 2.75) is 37.6 Å². The number of aryl methyl sites for hydroxylation is 1. The first kappa shape index (κ1) is 16.1. The molecule has 0 heterocycles. The van der Waals surface area contributed by atoms with Crippen LogP contribution in [0.2, 0.25) is 0 Å². The fraction of sp³-hybridized carbons (Fsp3) is 0.385. The molecule has 1 rings (SSSR count). The van der Waals surface area contributed by atoms with E-state index in [1.807, 2.05) is 6.07 Å². The van der Waals surface area contributed by atoms with Gasteiger partial charge in [-0.2, -0.15) is 5.26 Å². The molecule has 0 aliphatic heterocycles. The molecule has 108 valence electrons. The Hall–Kier alpha value is -1.91. The number of benzene rings is 1. The molecular formula is C13H17N3O3S. The molecule has 1 amide bonds. The number of nitrogens with zero attached hydrogens (tertiary/aromatic N) is 1. The fourth-order valence-corrected chi connectivity index (χ4v) is 3.55. The number of rotatable bonds is 5. The molecule has 1 aromatic rings. The van der Waals surface area contributed by atoms with Crippen molar-refractivity contribution >= 4 is 15.9 Å². The third kappa shape index (κ3) is 4.05. The minimum Gasteiger partial charge on any atom is -0.370 e. The van der Waals surface area contributed by atoms with Gasteiger partial charge in [-0.05, 0) is 44.5 Å². The number of sulfonamides is 1. The lowest BCUT2D eigenvalue weighted by atomic mass is 10.0. The molecule has 7 heteroatoms. The Bertz CT molecular complexity index is 673. The van der Waals surface area contributed by atoms with Crippen LogP contribution in [0.15, 0.2) is 23.1 Å². The van der Waals surface area contributed by atoms with Crippen molar-refractivity contribution in [3.8, 4) is 6.07 Å². The van der Waals surface area contributed by atoms with E-state index in [9.17, 15) is 13.2 Å². The van der Waals surface area contributed by atoms with Crippen LogP contribution in [0.4, 0.5) is 0 Å². The summed E-state index contributed by atoms with van der Waals surface area (Å²) in [5.41, 5.74) is 4.96. The highest BCUT2D eigenvalue weighted by Crippen LogP contribution is 2.19. The zero-order valence-corrected chi connectivity index (χ0v) is 12.4. The Kier molecular flexibility index (Phi) is 4.53. The maximum Gasteiger partial charge on any atom is 0.241 e. The Morgan fingerprint density at radius 1 is 1.45 bits per heavy atom. The van der Waals surface area contributed by atoms with E-state index in [1.165, 1.54) is 18.2 Å². The molecule has 0 unspecified atom stereocenters. The predicted molar refractivity (Wildman–Crippen MR) is 74.1 cm³/mol. The van der Waals surface area contributed by atoms with Crippen LogP contribution in [-0.2, 0) is 14.8 Å².